The molecule has 1 saturated heterocycles. The fourth-order valence-corrected chi connectivity index (χ4v) is 4.50. The Labute approximate surface area is 174 Å². The van der Waals surface area contributed by atoms with E-state index in [1.54, 1.807) is 0 Å². The van der Waals surface area contributed by atoms with Crippen LogP contribution in [0.5, 0.6) is 0 Å². The lowest BCUT2D eigenvalue weighted by atomic mass is 9.91. The SMILES string of the molecule is Cc1cc(C2CCN(C(=O)O)CC2)nc2ccc(-c3ccc4nn(C)cc4c3)cc12. The lowest BCUT2D eigenvalue weighted by molar-refractivity contribution is 0.132. The standard InChI is InChI=1S/C24H24N4O2/c1-15-11-23(16-7-9-28(10-8-16)24(29)30)25-22-6-4-18(13-20(15)22)17-3-5-21-19(12-17)14-27(2)26-21/h3-6,11-14,16H,7-10H2,1-2H3,(H,29,30). The van der Waals surface area contributed by atoms with Crippen molar-refractivity contribution in [1.29, 1.82) is 0 Å². The molecule has 0 radical (unpaired) electrons. The van der Waals surface area contributed by atoms with E-state index < -0.39 is 6.09 Å². The van der Waals surface area contributed by atoms with Crippen molar-refractivity contribution in [3.8, 4) is 11.1 Å². The van der Waals surface area contributed by atoms with Gasteiger partial charge in [0.15, 0.2) is 0 Å². The van der Waals surface area contributed by atoms with E-state index in [0.29, 0.717) is 19.0 Å². The Kier molecular flexibility index (Phi) is 4.42. The van der Waals surface area contributed by atoms with Crippen molar-refractivity contribution in [3.05, 3.63) is 59.9 Å². The Morgan fingerprint density at radius 3 is 2.47 bits per heavy atom. The molecule has 0 atom stereocenters. The summed E-state index contributed by atoms with van der Waals surface area (Å²) in [4.78, 5) is 17.6. The monoisotopic (exact) mass is 400 g/mol. The number of benzene rings is 2. The van der Waals surface area contributed by atoms with E-state index in [4.69, 9.17) is 10.1 Å². The van der Waals surface area contributed by atoms with Gasteiger partial charge in [0.1, 0.15) is 0 Å². The van der Waals surface area contributed by atoms with Gasteiger partial charge in [0.2, 0.25) is 0 Å². The predicted molar refractivity (Wildman–Crippen MR) is 118 cm³/mol. The number of carbonyl (C=O) groups is 1. The summed E-state index contributed by atoms with van der Waals surface area (Å²) in [5.74, 6) is 0.316. The van der Waals surface area contributed by atoms with Crippen LogP contribution in [0.15, 0.2) is 48.7 Å². The molecule has 152 valence electrons. The third-order valence-corrected chi connectivity index (χ3v) is 6.17. The number of aromatic nitrogens is 3. The Balaban J connectivity index is 1.47. The number of hydrogen-bond donors (Lipinski definition) is 1. The van der Waals surface area contributed by atoms with Crippen LogP contribution in [0.3, 0.4) is 0 Å². The van der Waals surface area contributed by atoms with E-state index in [1.807, 2.05) is 17.9 Å². The summed E-state index contributed by atoms with van der Waals surface area (Å²) in [6, 6.07) is 15.0. The number of carboxylic acid groups (broad SMARTS) is 1. The third kappa shape index (κ3) is 3.28. The quantitative estimate of drug-likeness (QED) is 0.517. The van der Waals surface area contributed by atoms with Crippen LogP contribution in [-0.2, 0) is 7.05 Å². The molecule has 1 amide bonds. The van der Waals surface area contributed by atoms with Gasteiger partial charge in [-0.25, -0.2) is 4.79 Å². The second kappa shape index (κ2) is 7.13. The summed E-state index contributed by atoms with van der Waals surface area (Å²) in [6.07, 6.45) is 2.86. The molecule has 6 nitrogen and oxygen atoms in total. The maximum Gasteiger partial charge on any atom is 0.407 e. The van der Waals surface area contributed by atoms with Crippen LogP contribution < -0.4 is 0 Å². The lowest BCUT2D eigenvalue weighted by Gasteiger charge is -2.30. The summed E-state index contributed by atoms with van der Waals surface area (Å²) in [6.45, 7) is 3.29. The highest BCUT2D eigenvalue weighted by molar-refractivity contribution is 5.90. The van der Waals surface area contributed by atoms with Crippen LogP contribution in [0.4, 0.5) is 4.79 Å². The molecule has 0 aliphatic carbocycles. The average Bonchev–Trinajstić information content (AvgIpc) is 3.12. The number of nitrogens with zero attached hydrogens (tertiary/aromatic N) is 4. The number of amides is 1. The van der Waals surface area contributed by atoms with E-state index in [1.165, 1.54) is 21.6 Å². The number of piperidine rings is 1. The van der Waals surface area contributed by atoms with Gasteiger partial charge in [-0.2, -0.15) is 5.10 Å². The second-order valence-electron chi connectivity index (χ2n) is 8.22. The van der Waals surface area contributed by atoms with E-state index >= 15 is 0 Å². The van der Waals surface area contributed by atoms with Gasteiger partial charge in [0.05, 0.1) is 11.0 Å². The summed E-state index contributed by atoms with van der Waals surface area (Å²) in [7, 11) is 1.94. The molecule has 4 aromatic rings. The largest absolute Gasteiger partial charge is 0.465 e. The molecule has 0 saturated carbocycles. The van der Waals surface area contributed by atoms with Gasteiger partial charge in [-0.3, -0.25) is 9.67 Å². The van der Waals surface area contributed by atoms with Crippen molar-refractivity contribution < 1.29 is 9.90 Å². The zero-order valence-corrected chi connectivity index (χ0v) is 17.2. The lowest BCUT2D eigenvalue weighted by Crippen LogP contribution is -2.36. The van der Waals surface area contributed by atoms with Crippen molar-refractivity contribution >= 4 is 27.9 Å². The topological polar surface area (TPSA) is 71.2 Å². The van der Waals surface area contributed by atoms with Gasteiger partial charge < -0.3 is 10.0 Å². The molecule has 2 aromatic carbocycles. The Bertz CT molecular complexity index is 1270. The molecule has 0 unspecified atom stereocenters. The first-order chi connectivity index (χ1) is 14.5. The van der Waals surface area contributed by atoms with Gasteiger partial charge in [0, 0.05) is 48.7 Å². The Morgan fingerprint density at radius 2 is 1.73 bits per heavy atom. The number of rotatable bonds is 2. The number of fused-ring (bicyclic) bond motifs is 2. The first kappa shape index (κ1) is 18.6. The van der Waals surface area contributed by atoms with Crippen molar-refractivity contribution in [1.82, 2.24) is 19.7 Å². The summed E-state index contributed by atoms with van der Waals surface area (Å²) in [5, 5.41) is 15.9. The second-order valence-corrected chi connectivity index (χ2v) is 8.22. The first-order valence-electron chi connectivity index (χ1n) is 10.3. The van der Waals surface area contributed by atoms with Crippen LogP contribution in [0, 0.1) is 6.92 Å². The summed E-state index contributed by atoms with van der Waals surface area (Å²) < 4.78 is 1.84. The Morgan fingerprint density at radius 1 is 1.03 bits per heavy atom. The van der Waals surface area contributed by atoms with Crippen LogP contribution >= 0.6 is 0 Å². The minimum Gasteiger partial charge on any atom is -0.465 e. The van der Waals surface area contributed by atoms with Gasteiger partial charge in [-0.1, -0.05) is 12.1 Å². The van der Waals surface area contributed by atoms with Crippen molar-refractivity contribution in [3.63, 3.8) is 0 Å². The zero-order valence-electron chi connectivity index (χ0n) is 17.2. The zero-order chi connectivity index (χ0) is 20.8. The van der Waals surface area contributed by atoms with Crippen LogP contribution in [0.25, 0.3) is 32.9 Å². The molecule has 3 heterocycles. The van der Waals surface area contributed by atoms with E-state index in [0.717, 1.165) is 40.3 Å². The fraction of sp³-hybridized carbons (Fsp3) is 0.292. The minimum atomic E-state index is -0.826. The molecule has 1 N–H and O–H groups in total. The van der Waals surface area contributed by atoms with Crippen molar-refractivity contribution in [2.45, 2.75) is 25.7 Å². The third-order valence-electron chi connectivity index (χ3n) is 6.17. The predicted octanol–water partition coefficient (Wildman–Crippen LogP) is 4.95. The van der Waals surface area contributed by atoms with E-state index in [9.17, 15) is 4.79 Å². The van der Waals surface area contributed by atoms with Gasteiger partial charge in [-0.05, 0) is 66.8 Å². The molecule has 6 heteroatoms. The first-order valence-corrected chi connectivity index (χ1v) is 10.3. The summed E-state index contributed by atoms with van der Waals surface area (Å²) in [5.41, 5.74) is 6.62. The minimum absolute atomic E-state index is 0.316. The maximum absolute atomic E-state index is 11.2. The molecule has 1 aliphatic heterocycles. The maximum atomic E-state index is 11.2. The highest BCUT2D eigenvalue weighted by Gasteiger charge is 2.24. The van der Waals surface area contributed by atoms with Crippen LogP contribution in [0.1, 0.15) is 30.0 Å². The molecule has 0 bridgehead atoms. The number of likely N-dealkylation sites (tertiary alicyclic amines) is 1. The fourth-order valence-electron chi connectivity index (χ4n) is 4.50. The van der Waals surface area contributed by atoms with Gasteiger partial charge >= 0.3 is 6.09 Å². The molecule has 1 fully saturated rings. The number of pyridine rings is 1. The number of aryl methyl sites for hydroxylation is 2. The normalized spacial score (nSPS) is 15.2. The molecule has 5 rings (SSSR count). The average molecular weight is 400 g/mol. The van der Waals surface area contributed by atoms with E-state index in [-0.39, 0.29) is 0 Å². The smallest absolute Gasteiger partial charge is 0.407 e. The Hall–Kier alpha value is -3.41. The molecular weight excluding hydrogens is 376 g/mol. The van der Waals surface area contributed by atoms with Gasteiger partial charge in [0.25, 0.3) is 0 Å². The molecule has 2 aromatic heterocycles. The van der Waals surface area contributed by atoms with Crippen LogP contribution in [-0.4, -0.2) is 44.0 Å². The highest BCUT2D eigenvalue weighted by Crippen LogP contribution is 2.32. The number of hydrogen-bond acceptors (Lipinski definition) is 3. The summed E-state index contributed by atoms with van der Waals surface area (Å²) >= 11 is 0. The highest BCUT2D eigenvalue weighted by atomic mass is 16.4. The van der Waals surface area contributed by atoms with Gasteiger partial charge in [-0.15, -0.1) is 0 Å². The molecular formula is C24H24N4O2. The van der Waals surface area contributed by atoms with E-state index in [2.05, 4.69) is 54.5 Å². The van der Waals surface area contributed by atoms with Crippen molar-refractivity contribution in [2.75, 3.05) is 13.1 Å². The molecule has 0 spiro atoms. The van der Waals surface area contributed by atoms with Crippen LogP contribution in [0.2, 0.25) is 0 Å². The van der Waals surface area contributed by atoms with Crippen molar-refractivity contribution in [2.24, 2.45) is 7.05 Å². The molecule has 30 heavy (non-hydrogen) atoms. The molecule has 1 aliphatic rings.